The fourth-order valence-electron chi connectivity index (χ4n) is 6.19. The van der Waals surface area contributed by atoms with Gasteiger partial charge in [-0.15, -0.1) is 0 Å². The van der Waals surface area contributed by atoms with Crippen LogP contribution in [0.15, 0.2) is 72.8 Å². The van der Waals surface area contributed by atoms with Gasteiger partial charge < -0.3 is 20.1 Å². The van der Waals surface area contributed by atoms with E-state index >= 15 is 0 Å². The van der Waals surface area contributed by atoms with Crippen molar-refractivity contribution in [3.63, 3.8) is 0 Å². The molecule has 10 nitrogen and oxygen atoms in total. The molecular weight excluding hydrogens is 548 g/mol. The normalized spacial score (nSPS) is 19.1. The molecule has 1 saturated heterocycles. The number of aromatic amines is 1. The first-order valence-corrected chi connectivity index (χ1v) is 14.3. The SMILES string of the molecule is CC[C@@H](C)[C@H](NC(=O)c1ccccc1N1C(=O)[C@@H]2Cc3c([nH]c4ccccc34)[C@@H](c3ccc(OC)cc3)N2C1=O)C(=O)O. The molecular formula is C33H32N4O6. The summed E-state index contributed by atoms with van der Waals surface area (Å²) in [6.07, 6.45) is 0.844. The molecule has 10 heteroatoms. The number of para-hydroxylation sites is 2. The molecule has 2 aliphatic rings. The number of carbonyl (C=O) groups is 4. The molecule has 4 aromatic rings. The van der Waals surface area contributed by atoms with Gasteiger partial charge in [-0.05, 0) is 47.4 Å². The van der Waals surface area contributed by atoms with E-state index in [-0.39, 0.29) is 17.2 Å². The van der Waals surface area contributed by atoms with Gasteiger partial charge in [-0.3, -0.25) is 14.5 Å². The average molecular weight is 581 g/mol. The van der Waals surface area contributed by atoms with Gasteiger partial charge in [-0.2, -0.15) is 0 Å². The molecule has 0 spiro atoms. The van der Waals surface area contributed by atoms with E-state index < -0.39 is 41.9 Å². The number of rotatable bonds is 8. The molecule has 3 aromatic carbocycles. The molecule has 3 heterocycles. The molecule has 43 heavy (non-hydrogen) atoms. The first kappa shape index (κ1) is 28.0. The standard InChI is InChI=1S/C33H32N4O6/c1-4-18(2)27(32(40)41)35-30(38)22-10-6-8-12-25(22)37-31(39)26-17-23-21-9-5-7-11-24(21)34-28(23)29(36(26)33(37)42)19-13-15-20(43-3)16-14-19/h5-16,18,26-27,29,34H,4,17H2,1-3H3,(H,35,38)(H,40,41)/t18-,26+,27+,29-/m1/s1. The zero-order valence-electron chi connectivity index (χ0n) is 24.0. The number of nitrogens with one attached hydrogen (secondary N) is 2. The van der Waals surface area contributed by atoms with Crippen molar-refractivity contribution in [3.05, 3.63) is 95.2 Å². The smallest absolute Gasteiger partial charge is 0.332 e. The number of carboxylic acids is 1. The number of urea groups is 1. The number of hydrogen-bond acceptors (Lipinski definition) is 5. The van der Waals surface area contributed by atoms with Crippen LogP contribution in [0, 0.1) is 5.92 Å². The highest BCUT2D eigenvalue weighted by Gasteiger charge is 2.53. The predicted octanol–water partition coefficient (Wildman–Crippen LogP) is 4.89. The Kier molecular flexibility index (Phi) is 7.13. The van der Waals surface area contributed by atoms with Crippen molar-refractivity contribution in [1.82, 2.24) is 15.2 Å². The fraction of sp³-hybridized carbons (Fsp3) is 0.273. The number of amides is 4. The second kappa shape index (κ2) is 10.9. The molecule has 6 rings (SSSR count). The summed E-state index contributed by atoms with van der Waals surface area (Å²) in [5, 5.41) is 13.3. The Morgan fingerprint density at radius 3 is 2.44 bits per heavy atom. The highest BCUT2D eigenvalue weighted by Crippen LogP contribution is 2.45. The summed E-state index contributed by atoms with van der Waals surface area (Å²) < 4.78 is 5.35. The highest BCUT2D eigenvalue weighted by molar-refractivity contribution is 6.24. The minimum atomic E-state index is -1.15. The van der Waals surface area contributed by atoms with Gasteiger partial charge >= 0.3 is 12.0 Å². The van der Waals surface area contributed by atoms with Crippen LogP contribution in [0.1, 0.15) is 53.5 Å². The lowest BCUT2D eigenvalue weighted by molar-refractivity contribution is -0.140. The van der Waals surface area contributed by atoms with Gasteiger partial charge in [-0.25, -0.2) is 14.5 Å². The Labute approximate surface area is 248 Å². The van der Waals surface area contributed by atoms with Gasteiger partial charge in [0.2, 0.25) is 0 Å². The lowest BCUT2D eigenvalue weighted by Crippen LogP contribution is -2.45. The number of benzene rings is 3. The third kappa shape index (κ3) is 4.59. The molecule has 0 aliphatic carbocycles. The summed E-state index contributed by atoms with van der Waals surface area (Å²) in [4.78, 5) is 60.0. The fourth-order valence-corrected chi connectivity index (χ4v) is 6.19. The topological polar surface area (TPSA) is 132 Å². The molecule has 0 saturated carbocycles. The van der Waals surface area contributed by atoms with Crippen LogP contribution >= 0.6 is 0 Å². The number of fused-ring (bicyclic) bond motifs is 4. The minimum Gasteiger partial charge on any atom is -0.497 e. The van der Waals surface area contributed by atoms with Gasteiger partial charge in [0, 0.05) is 23.0 Å². The van der Waals surface area contributed by atoms with Gasteiger partial charge in [0.15, 0.2) is 0 Å². The van der Waals surface area contributed by atoms with Crippen molar-refractivity contribution in [2.75, 3.05) is 12.0 Å². The van der Waals surface area contributed by atoms with Crippen LogP contribution in [-0.2, 0) is 16.0 Å². The molecule has 2 aliphatic heterocycles. The molecule has 0 bridgehead atoms. The summed E-state index contributed by atoms with van der Waals surface area (Å²) in [6.45, 7) is 3.59. The number of carbonyl (C=O) groups excluding carboxylic acids is 3. The van der Waals surface area contributed by atoms with Gasteiger partial charge in [0.05, 0.1) is 18.4 Å². The Hall–Kier alpha value is -5.12. The number of imide groups is 1. The number of anilines is 1. The largest absolute Gasteiger partial charge is 0.497 e. The molecule has 1 fully saturated rings. The summed E-state index contributed by atoms with van der Waals surface area (Å²) in [6, 6.07) is 18.4. The van der Waals surface area contributed by atoms with Crippen LogP contribution < -0.4 is 15.0 Å². The minimum absolute atomic E-state index is 0.0450. The zero-order chi connectivity index (χ0) is 30.4. The summed E-state index contributed by atoms with van der Waals surface area (Å²) >= 11 is 0. The average Bonchev–Trinajstić information content (AvgIpc) is 3.52. The number of hydrogen-bond donors (Lipinski definition) is 3. The highest BCUT2D eigenvalue weighted by atomic mass is 16.5. The molecule has 3 N–H and O–H groups in total. The van der Waals surface area contributed by atoms with Gasteiger partial charge in [0.1, 0.15) is 23.9 Å². The molecule has 1 aromatic heterocycles. The molecule has 4 amide bonds. The number of nitrogens with zero attached hydrogens (tertiary/aromatic N) is 2. The maximum Gasteiger partial charge on any atom is 0.332 e. The monoisotopic (exact) mass is 580 g/mol. The van der Waals surface area contributed by atoms with E-state index in [9.17, 15) is 24.3 Å². The maximum absolute atomic E-state index is 14.3. The molecule has 0 radical (unpaired) electrons. The van der Waals surface area contributed by atoms with E-state index in [0.29, 0.717) is 18.6 Å². The quantitative estimate of drug-likeness (QED) is 0.254. The lowest BCUT2D eigenvalue weighted by Gasteiger charge is -2.36. The molecule has 4 atom stereocenters. The first-order valence-electron chi connectivity index (χ1n) is 14.3. The lowest BCUT2D eigenvalue weighted by atomic mass is 9.89. The van der Waals surface area contributed by atoms with Crippen molar-refractivity contribution in [3.8, 4) is 5.75 Å². The van der Waals surface area contributed by atoms with E-state index in [1.54, 1.807) is 37.1 Å². The number of H-pyrrole nitrogens is 1. The van der Waals surface area contributed by atoms with E-state index in [1.807, 2.05) is 55.5 Å². The predicted molar refractivity (Wildman–Crippen MR) is 160 cm³/mol. The van der Waals surface area contributed by atoms with Crippen LogP contribution in [0.3, 0.4) is 0 Å². The van der Waals surface area contributed by atoms with Crippen molar-refractivity contribution in [2.24, 2.45) is 5.92 Å². The van der Waals surface area contributed by atoms with Crippen molar-refractivity contribution in [2.45, 2.75) is 44.8 Å². The van der Waals surface area contributed by atoms with Crippen LogP contribution in [0.25, 0.3) is 10.9 Å². The van der Waals surface area contributed by atoms with Crippen molar-refractivity contribution >= 4 is 40.4 Å². The summed E-state index contributed by atoms with van der Waals surface area (Å²) in [7, 11) is 1.58. The first-order chi connectivity index (χ1) is 20.7. The van der Waals surface area contributed by atoms with Crippen LogP contribution in [0.5, 0.6) is 5.75 Å². The van der Waals surface area contributed by atoms with Crippen LogP contribution in [-0.4, -0.2) is 58.0 Å². The van der Waals surface area contributed by atoms with Gasteiger partial charge in [-0.1, -0.05) is 62.7 Å². The molecule has 220 valence electrons. The molecule has 0 unspecified atom stereocenters. The number of aliphatic carboxylic acids is 1. The van der Waals surface area contributed by atoms with Crippen molar-refractivity contribution < 1.29 is 29.0 Å². The Balaban J connectivity index is 1.43. The second-order valence-electron chi connectivity index (χ2n) is 11.0. The van der Waals surface area contributed by atoms with E-state index in [0.717, 1.165) is 32.6 Å². The Bertz CT molecular complexity index is 1750. The van der Waals surface area contributed by atoms with Gasteiger partial charge in [0.25, 0.3) is 11.8 Å². The maximum atomic E-state index is 14.3. The number of carboxylic acid groups (broad SMARTS) is 1. The third-order valence-corrected chi connectivity index (χ3v) is 8.64. The number of methoxy groups -OCH3 is 1. The van der Waals surface area contributed by atoms with Crippen LogP contribution in [0.2, 0.25) is 0 Å². The summed E-state index contributed by atoms with van der Waals surface area (Å²) in [5.74, 6) is -1.93. The zero-order valence-corrected chi connectivity index (χ0v) is 24.0. The number of ether oxygens (including phenoxy) is 1. The Morgan fingerprint density at radius 1 is 1.05 bits per heavy atom. The second-order valence-corrected chi connectivity index (χ2v) is 11.0. The van der Waals surface area contributed by atoms with E-state index in [4.69, 9.17) is 4.74 Å². The van der Waals surface area contributed by atoms with E-state index in [2.05, 4.69) is 10.3 Å². The Morgan fingerprint density at radius 2 is 1.74 bits per heavy atom. The van der Waals surface area contributed by atoms with Crippen LogP contribution in [0.4, 0.5) is 10.5 Å². The summed E-state index contributed by atoms with van der Waals surface area (Å²) in [5.41, 5.74) is 3.66. The third-order valence-electron chi connectivity index (χ3n) is 8.64. The number of aromatic nitrogens is 1. The van der Waals surface area contributed by atoms with E-state index in [1.165, 1.54) is 6.07 Å². The van der Waals surface area contributed by atoms with Crippen molar-refractivity contribution in [1.29, 1.82) is 0 Å².